The van der Waals surface area contributed by atoms with Gasteiger partial charge >= 0.3 is 0 Å². The highest BCUT2D eigenvalue weighted by molar-refractivity contribution is 7.12. The van der Waals surface area contributed by atoms with Crippen LogP contribution >= 0.6 is 0 Å². The lowest BCUT2D eigenvalue weighted by Gasteiger charge is -2.44. The molecule has 4 rings (SSSR count). The maximum atomic E-state index is 15.7. The van der Waals surface area contributed by atoms with Crippen molar-refractivity contribution in [1.82, 2.24) is 0 Å². The van der Waals surface area contributed by atoms with Crippen molar-refractivity contribution in [2.24, 2.45) is 0 Å². The molecule has 1 aliphatic rings. The van der Waals surface area contributed by atoms with Gasteiger partial charge in [0.25, 0.3) is 0 Å². The van der Waals surface area contributed by atoms with Crippen LogP contribution < -0.4 is 16.4 Å². The summed E-state index contributed by atoms with van der Waals surface area (Å²) in [6, 6.07) is 0. The van der Waals surface area contributed by atoms with Crippen LogP contribution in [0.5, 0.6) is 0 Å². The number of nitrogens with zero attached hydrogens (tertiary/aromatic N) is 1. The average Bonchev–Trinajstić information content (AvgIpc) is 2.98. The molecule has 0 radical (unpaired) electrons. The Morgan fingerprint density at radius 3 is 0.891 bits per heavy atom. The topological polar surface area (TPSA) is 3.01 Å². The molecule has 0 aliphatic carbocycles. The van der Waals surface area contributed by atoms with E-state index in [0.29, 0.717) is 12.6 Å². The predicted molar refractivity (Wildman–Crippen MR) is 136 cm³/mol. The fourth-order valence-electron chi connectivity index (χ4n) is 6.72. The molecule has 0 N–H and O–H groups in total. The van der Waals surface area contributed by atoms with Gasteiger partial charge in [-0.3, -0.25) is 0 Å². The highest BCUT2D eigenvalue weighted by atomic mass is 19.2. The van der Waals surface area contributed by atoms with Crippen molar-refractivity contribution in [1.29, 1.82) is 0 Å². The van der Waals surface area contributed by atoms with Gasteiger partial charge in [-0.1, -0.05) is 6.32 Å². The van der Waals surface area contributed by atoms with E-state index in [1.54, 1.807) is 0 Å². The molecule has 46 heavy (non-hydrogen) atoms. The van der Waals surface area contributed by atoms with Crippen LogP contribution in [0.25, 0.3) is 0 Å². The quantitative estimate of drug-likeness (QED) is 0.0894. The fourth-order valence-corrected chi connectivity index (χ4v) is 6.72. The Hall–Kier alpha value is -3.66. The molecule has 0 spiro atoms. The Kier molecular flexibility index (Phi) is 8.84. The number of halogens is 15. The van der Waals surface area contributed by atoms with Crippen LogP contribution in [0.4, 0.5) is 65.9 Å². The summed E-state index contributed by atoms with van der Waals surface area (Å²) in [5.74, 6) is -44.9. The van der Waals surface area contributed by atoms with Crippen LogP contribution in [0.3, 0.4) is 0 Å². The molecule has 0 atom stereocenters. The first-order chi connectivity index (χ1) is 21.1. The zero-order chi connectivity index (χ0) is 35.0. The van der Waals surface area contributed by atoms with E-state index in [0.717, 1.165) is 0 Å². The predicted octanol–water partition coefficient (Wildman–Crippen LogP) is 7.07. The molecule has 0 unspecified atom stereocenters. The van der Waals surface area contributed by atoms with Gasteiger partial charge in [-0.25, -0.2) is 70.4 Å². The molecule has 1 saturated heterocycles. The Bertz CT molecular complexity index is 1540. The largest absolute Gasteiger partial charge is 0.233 e. The van der Waals surface area contributed by atoms with Gasteiger partial charge < -0.3 is 0 Å². The Balaban J connectivity index is 2.44. The van der Waals surface area contributed by atoms with Crippen molar-refractivity contribution in [3.63, 3.8) is 0 Å². The SMILES string of the molecule is CC1(C)CCCC(C)(C)[N+]1=CC[B-](c1c(F)c(F)c(F)c(F)c1F)(c1c(F)c(F)c(F)c(F)c1F)c1c(F)c(F)c(F)c(F)c1F. The lowest BCUT2D eigenvalue weighted by molar-refractivity contribution is -0.671. The summed E-state index contributed by atoms with van der Waals surface area (Å²) in [5, 5.41) is 0. The summed E-state index contributed by atoms with van der Waals surface area (Å²) in [6.07, 6.45) is -5.70. The minimum Gasteiger partial charge on any atom is -0.233 e. The molecule has 3 aromatic carbocycles. The third-order valence-corrected chi connectivity index (χ3v) is 8.73. The zero-order valence-corrected chi connectivity index (χ0v) is 24.1. The zero-order valence-electron chi connectivity index (χ0n) is 24.1. The highest BCUT2D eigenvalue weighted by Gasteiger charge is 2.50. The number of benzene rings is 3. The smallest absolute Gasteiger partial charge is 0.200 e. The number of hydrogen-bond donors (Lipinski definition) is 0. The minimum atomic E-state index is -5.63. The van der Waals surface area contributed by atoms with Gasteiger partial charge in [0.2, 0.25) is 0 Å². The second-order valence-corrected chi connectivity index (χ2v) is 12.3. The third kappa shape index (κ3) is 4.95. The highest BCUT2D eigenvalue weighted by Crippen LogP contribution is 2.35. The second-order valence-electron chi connectivity index (χ2n) is 12.3. The van der Waals surface area contributed by atoms with E-state index in [9.17, 15) is 39.5 Å². The van der Waals surface area contributed by atoms with Gasteiger partial charge in [-0.2, -0.15) is 0 Å². The van der Waals surface area contributed by atoms with Crippen LogP contribution in [-0.4, -0.2) is 28.0 Å². The van der Waals surface area contributed by atoms with E-state index in [4.69, 9.17) is 0 Å². The fraction of sp³-hybridized carbons (Fsp3) is 0.345. The summed E-state index contributed by atoms with van der Waals surface area (Å²) in [6.45, 7) is 6.09. The summed E-state index contributed by atoms with van der Waals surface area (Å²) in [5.41, 5.74) is -9.97. The van der Waals surface area contributed by atoms with Gasteiger partial charge in [0.15, 0.2) is 63.4 Å². The third-order valence-electron chi connectivity index (χ3n) is 8.73. The monoisotopic (exact) mass is 679 g/mol. The molecule has 1 aliphatic heterocycles. The molecule has 3 aromatic rings. The van der Waals surface area contributed by atoms with E-state index in [-0.39, 0.29) is 12.8 Å². The van der Waals surface area contributed by atoms with E-state index < -0.39 is 127 Å². The van der Waals surface area contributed by atoms with Crippen LogP contribution in [0.15, 0.2) is 0 Å². The molecule has 0 amide bonds. The molecule has 1 nitrogen and oxygen atoms in total. The van der Waals surface area contributed by atoms with Gasteiger partial charge in [0, 0.05) is 12.8 Å². The van der Waals surface area contributed by atoms with Crippen LogP contribution in [0.1, 0.15) is 47.0 Å². The summed E-state index contributed by atoms with van der Waals surface area (Å²) < 4.78 is 226. The molecular formula is C29H21BF15N. The van der Waals surface area contributed by atoms with Crippen molar-refractivity contribution in [2.45, 2.75) is 64.4 Å². The van der Waals surface area contributed by atoms with Crippen molar-refractivity contribution < 1.29 is 70.4 Å². The summed E-state index contributed by atoms with van der Waals surface area (Å²) in [4.78, 5) is 0. The standard InChI is InChI=1S/C29H21BF15N/c1-28(2)6-5-7-29(3,4)46(28)9-8-30(10-13(31)19(37)25(43)20(38)14(10)32,11-15(33)21(39)26(44)22(40)16(11)34)12-17(35)23(41)27(45)24(42)18(12)36/h9H,5-8H2,1-4H3. The summed E-state index contributed by atoms with van der Waals surface area (Å²) in [7, 11) is 0. The number of piperidine rings is 1. The van der Waals surface area contributed by atoms with Crippen LogP contribution in [-0.2, 0) is 0 Å². The molecule has 0 saturated carbocycles. The average molecular weight is 679 g/mol. The van der Waals surface area contributed by atoms with E-state index >= 15 is 26.3 Å². The van der Waals surface area contributed by atoms with Crippen molar-refractivity contribution in [2.75, 3.05) is 0 Å². The summed E-state index contributed by atoms with van der Waals surface area (Å²) >= 11 is 0. The maximum Gasteiger partial charge on any atom is 0.200 e. The Morgan fingerprint density at radius 1 is 0.435 bits per heavy atom. The van der Waals surface area contributed by atoms with Gasteiger partial charge in [-0.15, -0.1) is 16.4 Å². The minimum absolute atomic E-state index is 0.278. The van der Waals surface area contributed by atoms with Gasteiger partial charge in [-0.05, 0) is 34.1 Å². The van der Waals surface area contributed by atoms with Crippen molar-refractivity contribution in [3.05, 3.63) is 87.3 Å². The Labute approximate surface area is 251 Å². The molecule has 1 heterocycles. The molecule has 0 bridgehead atoms. The normalized spacial score (nSPS) is 16.3. The number of hydrogen-bond acceptors (Lipinski definition) is 0. The first-order valence-corrected chi connectivity index (χ1v) is 13.4. The van der Waals surface area contributed by atoms with Crippen LogP contribution in [0.2, 0.25) is 6.32 Å². The van der Waals surface area contributed by atoms with Crippen LogP contribution in [0, 0.1) is 87.3 Å². The molecule has 250 valence electrons. The first-order valence-electron chi connectivity index (χ1n) is 13.4. The first kappa shape index (κ1) is 35.2. The molecule has 1 fully saturated rings. The van der Waals surface area contributed by atoms with E-state index in [2.05, 4.69) is 0 Å². The maximum absolute atomic E-state index is 15.7. The molecule has 0 aromatic heterocycles. The van der Waals surface area contributed by atoms with E-state index in [1.807, 2.05) is 0 Å². The lowest BCUT2D eigenvalue weighted by Crippen LogP contribution is -2.73. The van der Waals surface area contributed by atoms with Gasteiger partial charge in [0.05, 0.1) is 0 Å². The lowest BCUT2D eigenvalue weighted by atomic mass is 9.13. The molecular weight excluding hydrogens is 658 g/mol. The van der Waals surface area contributed by atoms with Gasteiger partial charge in [0.1, 0.15) is 47.3 Å². The Morgan fingerprint density at radius 2 is 0.652 bits per heavy atom. The number of rotatable bonds is 5. The second kappa shape index (κ2) is 11.5. The van der Waals surface area contributed by atoms with Crippen molar-refractivity contribution >= 4 is 28.7 Å². The van der Waals surface area contributed by atoms with E-state index in [1.165, 1.54) is 32.3 Å². The van der Waals surface area contributed by atoms with Crippen molar-refractivity contribution in [3.8, 4) is 0 Å². The molecule has 17 heteroatoms.